The smallest absolute Gasteiger partial charge is 0.123 e. The van der Waals surface area contributed by atoms with Gasteiger partial charge in [0.1, 0.15) is 5.82 Å². The molecule has 0 saturated heterocycles. The predicted octanol–water partition coefficient (Wildman–Crippen LogP) is 7.07. The Bertz CT molecular complexity index is 1070. The van der Waals surface area contributed by atoms with Gasteiger partial charge in [0.15, 0.2) is 0 Å². The maximum Gasteiger partial charge on any atom is 0.123 e. The van der Waals surface area contributed by atoms with Crippen molar-refractivity contribution in [3.8, 4) is 11.1 Å². The standard InChI is InChI=1S/C26H27FN2.C3H8O/c1-4-8-21-24(18-11-13-19(27)14-12-18)22-15-16-28-23-10-7-5-6-9-20(23)26(22)29-25(21)17(2)3;1-3-4-2/h4,6-14,17,28H,5,15-16H2,1-3H3;3H2,1-2H3/b8-4+;. The summed E-state index contributed by atoms with van der Waals surface area (Å²) in [5, 5.41) is 3.58. The highest BCUT2D eigenvalue weighted by molar-refractivity contribution is 5.87. The van der Waals surface area contributed by atoms with Crippen LogP contribution in [0.1, 0.15) is 62.5 Å². The van der Waals surface area contributed by atoms with Gasteiger partial charge in [0.2, 0.25) is 0 Å². The zero-order chi connectivity index (χ0) is 23.8. The van der Waals surface area contributed by atoms with Crippen molar-refractivity contribution in [1.29, 1.82) is 0 Å². The molecule has 0 unspecified atom stereocenters. The third-order valence-corrected chi connectivity index (χ3v) is 5.74. The molecule has 33 heavy (non-hydrogen) atoms. The van der Waals surface area contributed by atoms with E-state index >= 15 is 0 Å². The van der Waals surface area contributed by atoms with Crippen molar-refractivity contribution in [3.63, 3.8) is 0 Å². The maximum atomic E-state index is 13.7. The van der Waals surface area contributed by atoms with E-state index in [0.717, 1.165) is 59.8 Å². The van der Waals surface area contributed by atoms with E-state index in [4.69, 9.17) is 4.98 Å². The molecule has 2 aliphatic rings. The number of methoxy groups -OCH3 is 1. The number of hydrogen-bond acceptors (Lipinski definition) is 3. The highest BCUT2D eigenvalue weighted by Gasteiger charge is 2.25. The normalized spacial score (nSPS) is 14.9. The van der Waals surface area contributed by atoms with Gasteiger partial charge in [-0.25, -0.2) is 4.39 Å². The van der Waals surface area contributed by atoms with E-state index in [1.807, 2.05) is 26.0 Å². The van der Waals surface area contributed by atoms with Crippen LogP contribution in [0.4, 0.5) is 4.39 Å². The molecule has 0 fully saturated rings. The summed E-state index contributed by atoms with van der Waals surface area (Å²) in [6.07, 6.45) is 14.7. The minimum atomic E-state index is -0.214. The van der Waals surface area contributed by atoms with Gasteiger partial charge in [0.25, 0.3) is 0 Å². The quantitative estimate of drug-likeness (QED) is 0.545. The third-order valence-electron chi connectivity index (χ3n) is 5.74. The van der Waals surface area contributed by atoms with Crippen molar-refractivity contribution in [1.82, 2.24) is 10.3 Å². The Morgan fingerprint density at radius 2 is 1.85 bits per heavy atom. The van der Waals surface area contributed by atoms with Crippen LogP contribution >= 0.6 is 0 Å². The lowest BCUT2D eigenvalue weighted by Crippen LogP contribution is -2.14. The molecule has 1 aromatic heterocycles. The van der Waals surface area contributed by atoms with Crippen LogP contribution in [0, 0.1) is 5.82 Å². The lowest BCUT2D eigenvalue weighted by atomic mass is 9.86. The number of hydrogen-bond donors (Lipinski definition) is 1. The molecule has 2 aromatic rings. The average Bonchev–Trinajstić information content (AvgIpc) is 3.14. The van der Waals surface area contributed by atoms with Gasteiger partial charge in [-0.05, 0) is 67.5 Å². The molecule has 0 bridgehead atoms. The summed E-state index contributed by atoms with van der Waals surface area (Å²) in [5.74, 6) is 0.0605. The Labute approximate surface area is 197 Å². The molecule has 4 rings (SSSR count). The topological polar surface area (TPSA) is 34.2 Å². The van der Waals surface area contributed by atoms with Gasteiger partial charge in [-0.15, -0.1) is 0 Å². The number of nitrogens with zero attached hydrogens (tertiary/aromatic N) is 1. The molecule has 1 aliphatic carbocycles. The molecular formula is C29H35FN2O. The van der Waals surface area contributed by atoms with Crippen LogP contribution in [-0.4, -0.2) is 25.2 Å². The highest BCUT2D eigenvalue weighted by Crippen LogP contribution is 2.39. The van der Waals surface area contributed by atoms with Gasteiger partial charge in [-0.3, -0.25) is 4.98 Å². The van der Waals surface area contributed by atoms with E-state index in [1.54, 1.807) is 19.2 Å². The Morgan fingerprint density at radius 3 is 2.48 bits per heavy atom. The molecule has 174 valence electrons. The molecule has 2 heterocycles. The van der Waals surface area contributed by atoms with Gasteiger partial charge >= 0.3 is 0 Å². The number of fused-ring (bicyclic) bond motifs is 2. The van der Waals surface area contributed by atoms with Crippen molar-refractivity contribution in [2.45, 2.75) is 46.5 Å². The SMILES string of the molecule is C/C=C/c1c(C(C)C)nc2c(c1-c1ccc(F)cc1)CCNC1=C2C=CCC=C1.CCOC. The number of halogens is 1. The number of rotatable bonds is 4. The molecule has 0 saturated carbocycles. The minimum absolute atomic E-state index is 0.214. The number of allylic oxidation sites excluding steroid dienone is 6. The van der Waals surface area contributed by atoms with Gasteiger partial charge in [0.05, 0.1) is 11.4 Å². The van der Waals surface area contributed by atoms with E-state index in [0.29, 0.717) is 0 Å². The first-order chi connectivity index (χ1) is 16.0. The fourth-order valence-electron chi connectivity index (χ4n) is 4.16. The summed E-state index contributed by atoms with van der Waals surface area (Å²) in [4.78, 5) is 5.21. The summed E-state index contributed by atoms with van der Waals surface area (Å²) >= 11 is 0. The molecule has 0 radical (unpaired) electrons. The van der Waals surface area contributed by atoms with Crippen molar-refractivity contribution >= 4 is 11.6 Å². The Balaban J connectivity index is 0.000000709. The summed E-state index contributed by atoms with van der Waals surface area (Å²) in [5.41, 5.74) is 8.98. The number of benzene rings is 1. The first-order valence-corrected chi connectivity index (χ1v) is 11.8. The van der Waals surface area contributed by atoms with Gasteiger partial charge < -0.3 is 10.1 Å². The number of pyridine rings is 1. The van der Waals surface area contributed by atoms with Crippen molar-refractivity contribution in [3.05, 3.63) is 88.7 Å². The van der Waals surface area contributed by atoms with Crippen molar-refractivity contribution < 1.29 is 9.13 Å². The molecule has 0 spiro atoms. The van der Waals surface area contributed by atoms with Gasteiger partial charge in [-0.2, -0.15) is 0 Å². The second-order valence-electron chi connectivity index (χ2n) is 8.40. The molecule has 4 heteroatoms. The third kappa shape index (κ3) is 5.69. The Kier molecular flexibility index (Phi) is 8.79. The second-order valence-corrected chi connectivity index (χ2v) is 8.40. The Morgan fingerprint density at radius 1 is 1.15 bits per heavy atom. The number of nitrogens with one attached hydrogen (secondary N) is 1. The summed E-state index contributed by atoms with van der Waals surface area (Å²) in [7, 11) is 1.68. The van der Waals surface area contributed by atoms with Crippen LogP contribution in [0.15, 0.2) is 60.3 Å². The largest absolute Gasteiger partial charge is 0.385 e. The first-order valence-electron chi connectivity index (χ1n) is 11.8. The minimum Gasteiger partial charge on any atom is -0.385 e. The zero-order valence-corrected chi connectivity index (χ0v) is 20.4. The first kappa shape index (κ1) is 24.7. The molecule has 1 aromatic carbocycles. The van der Waals surface area contributed by atoms with Crippen LogP contribution in [0.5, 0.6) is 0 Å². The van der Waals surface area contributed by atoms with E-state index in [9.17, 15) is 4.39 Å². The van der Waals surface area contributed by atoms with Crippen LogP contribution in [0.3, 0.4) is 0 Å². The highest BCUT2D eigenvalue weighted by atomic mass is 19.1. The lowest BCUT2D eigenvalue weighted by Gasteiger charge is -2.21. The van der Waals surface area contributed by atoms with Crippen LogP contribution in [0.2, 0.25) is 0 Å². The average molecular weight is 447 g/mol. The van der Waals surface area contributed by atoms with Gasteiger partial charge in [-0.1, -0.05) is 56.4 Å². The van der Waals surface area contributed by atoms with Crippen molar-refractivity contribution in [2.75, 3.05) is 20.3 Å². The monoisotopic (exact) mass is 446 g/mol. The van der Waals surface area contributed by atoms with E-state index in [1.165, 1.54) is 11.1 Å². The predicted molar refractivity (Wildman–Crippen MR) is 138 cm³/mol. The molecule has 1 N–H and O–H groups in total. The fraction of sp³-hybridized carbons (Fsp3) is 0.345. The van der Waals surface area contributed by atoms with E-state index in [-0.39, 0.29) is 11.7 Å². The summed E-state index contributed by atoms with van der Waals surface area (Å²) in [6.45, 7) is 10.0. The van der Waals surface area contributed by atoms with Crippen LogP contribution in [0.25, 0.3) is 22.8 Å². The van der Waals surface area contributed by atoms with E-state index < -0.39 is 0 Å². The van der Waals surface area contributed by atoms with E-state index in [2.05, 4.69) is 60.4 Å². The molecule has 0 atom stereocenters. The molecule has 3 nitrogen and oxygen atoms in total. The fourth-order valence-corrected chi connectivity index (χ4v) is 4.16. The number of ether oxygens (including phenoxy) is 1. The second kappa shape index (κ2) is 11.8. The van der Waals surface area contributed by atoms with Crippen LogP contribution in [-0.2, 0) is 11.2 Å². The lowest BCUT2D eigenvalue weighted by molar-refractivity contribution is 0.215. The Hall–Kier alpha value is -2.98. The molecular weight excluding hydrogens is 411 g/mol. The number of aromatic nitrogens is 1. The molecule has 1 aliphatic heterocycles. The summed E-state index contributed by atoms with van der Waals surface area (Å²) < 4.78 is 18.2. The van der Waals surface area contributed by atoms with Crippen molar-refractivity contribution in [2.24, 2.45) is 0 Å². The molecule has 0 amide bonds. The van der Waals surface area contributed by atoms with Crippen LogP contribution < -0.4 is 5.32 Å². The maximum absolute atomic E-state index is 13.7. The zero-order valence-electron chi connectivity index (χ0n) is 20.4. The van der Waals surface area contributed by atoms with Gasteiger partial charge in [0, 0.05) is 37.1 Å². The summed E-state index contributed by atoms with van der Waals surface area (Å²) in [6, 6.07) is 6.87.